The average Bonchev–Trinajstić information content (AvgIpc) is 2.71. The van der Waals surface area contributed by atoms with Crippen LogP contribution < -0.4 is 10.1 Å². The van der Waals surface area contributed by atoms with Crippen molar-refractivity contribution in [1.82, 2.24) is 15.5 Å². The number of ether oxygens (including phenoxy) is 1. The van der Waals surface area contributed by atoms with Crippen LogP contribution in [0.5, 0.6) is 5.75 Å². The lowest BCUT2D eigenvalue weighted by molar-refractivity contribution is 0.242. The summed E-state index contributed by atoms with van der Waals surface area (Å²) in [7, 11) is 1.94. The third-order valence-electron chi connectivity index (χ3n) is 2.91. The number of aryl methyl sites for hydroxylation is 1. The van der Waals surface area contributed by atoms with Crippen molar-refractivity contribution >= 4 is 0 Å². The Kier molecular flexibility index (Phi) is 4.22. The van der Waals surface area contributed by atoms with Crippen molar-refractivity contribution in [3.63, 3.8) is 0 Å². The number of hydrogen-bond acceptors (Lipinski definition) is 3. The fourth-order valence-corrected chi connectivity index (χ4v) is 2.07. The summed E-state index contributed by atoms with van der Waals surface area (Å²) in [5, 5.41) is 10.6. The molecule has 0 saturated carbocycles. The summed E-state index contributed by atoms with van der Waals surface area (Å²) in [5.74, 6) is 0.878. The van der Waals surface area contributed by atoms with Gasteiger partial charge in [-0.25, -0.2) is 0 Å². The van der Waals surface area contributed by atoms with E-state index in [0.717, 1.165) is 29.2 Å². The average molecular weight is 259 g/mol. The Morgan fingerprint density at radius 1 is 1.37 bits per heavy atom. The summed E-state index contributed by atoms with van der Waals surface area (Å²) in [5.41, 5.74) is 4.36. The number of nitrogens with one attached hydrogen (secondary N) is 2. The predicted molar refractivity (Wildman–Crippen MR) is 77.3 cm³/mol. The maximum atomic E-state index is 5.73. The van der Waals surface area contributed by atoms with Crippen LogP contribution in [0, 0.1) is 6.92 Å². The zero-order chi connectivity index (χ0) is 13.8. The van der Waals surface area contributed by atoms with E-state index in [4.69, 9.17) is 4.74 Å². The molecule has 2 rings (SSSR count). The van der Waals surface area contributed by atoms with Gasteiger partial charge in [0.1, 0.15) is 5.75 Å². The van der Waals surface area contributed by atoms with Crippen LogP contribution in [-0.4, -0.2) is 23.3 Å². The summed E-state index contributed by atoms with van der Waals surface area (Å²) in [6, 6.07) is 8.07. The molecule has 0 bridgehead atoms. The van der Waals surface area contributed by atoms with Crippen LogP contribution in [0.15, 0.2) is 24.3 Å². The zero-order valence-electron chi connectivity index (χ0n) is 11.9. The third kappa shape index (κ3) is 3.15. The third-order valence-corrected chi connectivity index (χ3v) is 2.91. The van der Waals surface area contributed by atoms with E-state index < -0.39 is 0 Å². The Morgan fingerprint density at radius 3 is 2.84 bits per heavy atom. The van der Waals surface area contributed by atoms with E-state index in [1.807, 2.05) is 46.0 Å². The van der Waals surface area contributed by atoms with Crippen molar-refractivity contribution in [2.24, 2.45) is 0 Å². The molecule has 0 aliphatic heterocycles. The van der Waals surface area contributed by atoms with Crippen molar-refractivity contribution in [3.05, 3.63) is 35.5 Å². The molecule has 0 unspecified atom stereocenters. The first kappa shape index (κ1) is 13.6. The summed E-state index contributed by atoms with van der Waals surface area (Å²) >= 11 is 0. The van der Waals surface area contributed by atoms with Crippen LogP contribution in [-0.2, 0) is 6.54 Å². The highest BCUT2D eigenvalue weighted by atomic mass is 16.5. The molecule has 0 saturated heterocycles. The molecule has 102 valence electrons. The number of nitrogens with zero attached hydrogens (tertiary/aromatic N) is 1. The van der Waals surface area contributed by atoms with Gasteiger partial charge in [-0.1, -0.05) is 12.1 Å². The van der Waals surface area contributed by atoms with Gasteiger partial charge in [0.15, 0.2) is 0 Å². The van der Waals surface area contributed by atoms with Crippen molar-refractivity contribution < 1.29 is 4.74 Å². The Balaban J connectivity index is 2.36. The number of H-pyrrole nitrogens is 1. The van der Waals surface area contributed by atoms with Gasteiger partial charge < -0.3 is 10.1 Å². The van der Waals surface area contributed by atoms with E-state index in [2.05, 4.69) is 21.6 Å². The number of aromatic amines is 1. The molecule has 0 fully saturated rings. The maximum absolute atomic E-state index is 5.73. The zero-order valence-corrected chi connectivity index (χ0v) is 11.9. The molecule has 19 heavy (non-hydrogen) atoms. The minimum Gasteiger partial charge on any atom is -0.491 e. The van der Waals surface area contributed by atoms with Crippen molar-refractivity contribution in [1.29, 1.82) is 0 Å². The summed E-state index contributed by atoms with van der Waals surface area (Å²) in [4.78, 5) is 0. The van der Waals surface area contributed by atoms with Gasteiger partial charge in [0.2, 0.25) is 0 Å². The van der Waals surface area contributed by atoms with Crippen molar-refractivity contribution in [3.8, 4) is 17.0 Å². The highest BCUT2D eigenvalue weighted by Crippen LogP contribution is 2.27. The fraction of sp³-hybridized carbons (Fsp3) is 0.400. The SMILES string of the molecule is CNCc1c(-c2cccc(OC(C)C)c2)n[nH]c1C. The molecular formula is C15H21N3O. The van der Waals surface area contributed by atoms with E-state index in [1.165, 1.54) is 5.56 Å². The van der Waals surface area contributed by atoms with E-state index in [9.17, 15) is 0 Å². The molecular weight excluding hydrogens is 238 g/mol. The molecule has 0 atom stereocenters. The van der Waals surface area contributed by atoms with Crippen molar-refractivity contribution in [2.45, 2.75) is 33.4 Å². The number of aromatic nitrogens is 2. The largest absolute Gasteiger partial charge is 0.491 e. The van der Waals surface area contributed by atoms with Crippen LogP contribution >= 0.6 is 0 Å². The van der Waals surface area contributed by atoms with E-state index in [-0.39, 0.29) is 6.10 Å². The van der Waals surface area contributed by atoms with Gasteiger partial charge in [0.05, 0.1) is 11.8 Å². The minimum absolute atomic E-state index is 0.174. The van der Waals surface area contributed by atoms with Gasteiger partial charge in [-0.05, 0) is 40.0 Å². The first-order chi connectivity index (χ1) is 9.11. The number of hydrogen-bond donors (Lipinski definition) is 2. The van der Waals surface area contributed by atoms with Gasteiger partial charge in [0.25, 0.3) is 0 Å². The predicted octanol–water partition coefficient (Wildman–Crippen LogP) is 2.89. The second-order valence-electron chi connectivity index (χ2n) is 4.90. The molecule has 0 radical (unpaired) electrons. The highest BCUT2D eigenvalue weighted by Gasteiger charge is 2.12. The Labute approximate surface area is 114 Å². The number of benzene rings is 1. The van der Waals surface area contributed by atoms with Crippen LogP contribution in [0.2, 0.25) is 0 Å². The lowest BCUT2D eigenvalue weighted by atomic mass is 10.1. The second kappa shape index (κ2) is 5.89. The van der Waals surface area contributed by atoms with Crippen LogP contribution in [0.25, 0.3) is 11.3 Å². The smallest absolute Gasteiger partial charge is 0.120 e. The standard InChI is InChI=1S/C15H21N3O/c1-10(2)19-13-7-5-6-12(8-13)15-14(9-16-4)11(3)17-18-15/h5-8,10,16H,9H2,1-4H3,(H,17,18). The maximum Gasteiger partial charge on any atom is 0.120 e. The second-order valence-corrected chi connectivity index (χ2v) is 4.90. The molecule has 0 spiro atoms. The van der Waals surface area contributed by atoms with Gasteiger partial charge in [-0.3, -0.25) is 5.10 Å². The van der Waals surface area contributed by atoms with Crippen LogP contribution in [0.4, 0.5) is 0 Å². The van der Waals surface area contributed by atoms with E-state index >= 15 is 0 Å². The fourth-order valence-electron chi connectivity index (χ4n) is 2.07. The highest BCUT2D eigenvalue weighted by molar-refractivity contribution is 5.65. The van der Waals surface area contributed by atoms with Crippen molar-refractivity contribution in [2.75, 3.05) is 7.05 Å². The molecule has 4 heteroatoms. The van der Waals surface area contributed by atoms with E-state index in [0.29, 0.717) is 0 Å². The first-order valence-electron chi connectivity index (χ1n) is 6.57. The molecule has 1 heterocycles. The molecule has 2 aromatic rings. The van der Waals surface area contributed by atoms with Crippen LogP contribution in [0.3, 0.4) is 0 Å². The quantitative estimate of drug-likeness (QED) is 0.868. The van der Waals surface area contributed by atoms with Gasteiger partial charge >= 0.3 is 0 Å². The summed E-state index contributed by atoms with van der Waals surface area (Å²) in [6.45, 7) is 6.89. The lowest BCUT2D eigenvalue weighted by Crippen LogP contribution is -2.07. The molecule has 1 aromatic carbocycles. The van der Waals surface area contributed by atoms with Gasteiger partial charge in [-0.15, -0.1) is 0 Å². The Hall–Kier alpha value is -1.81. The first-order valence-corrected chi connectivity index (χ1v) is 6.57. The Bertz CT molecular complexity index is 546. The Morgan fingerprint density at radius 2 is 2.16 bits per heavy atom. The molecule has 4 nitrogen and oxygen atoms in total. The summed E-state index contributed by atoms with van der Waals surface area (Å²) in [6.07, 6.45) is 0.174. The molecule has 0 aliphatic carbocycles. The van der Waals surface area contributed by atoms with Gasteiger partial charge in [-0.2, -0.15) is 5.10 Å². The summed E-state index contributed by atoms with van der Waals surface area (Å²) < 4.78 is 5.73. The number of rotatable bonds is 5. The topological polar surface area (TPSA) is 49.9 Å². The van der Waals surface area contributed by atoms with E-state index in [1.54, 1.807) is 0 Å². The molecule has 1 aromatic heterocycles. The minimum atomic E-state index is 0.174. The molecule has 0 aliphatic rings. The normalized spacial score (nSPS) is 11.0. The molecule has 2 N–H and O–H groups in total. The molecule has 0 amide bonds. The van der Waals surface area contributed by atoms with Crippen LogP contribution in [0.1, 0.15) is 25.1 Å². The lowest BCUT2D eigenvalue weighted by Gasteiger charge is -2.11. The van der Waals surface area contributed by atoms with Gasteiger partial charge in [0, 0.05) is 23.4 Å². The monoisotopic (exact) mass is 259 g/mol.